The molecule has 2 heterocycles. The minimum atomic E-state index is 0.211. The van der Waals surface area contributed by atoms with Gasteiger partial charge in [0.05, 0.1) is 5.52 Å². The van der Waals surface area contributed by atoms with Crippen LogP contribution in [0.2, 0.25) is 0 Å². The number of fused-ring (bicyclic) bond motifs is 3. The second-order valence-corrected chi connectivity index (χ2v) is 5.62. The molecule has 2 aromatic carbocycles. The summed E-state index contributed by atoms with van der Waals surface area (Å²) in [4.78, 5) is 0. The Kier molecular flexibility index (Phi) is 1.49. The molecule has 0 N–H and O–H groups in total. The monoisotopic (exact) mass is 221 g/mol. The molecular weight excluding hydrogens is 206 g/mol. The summed E-state index contributed by atoms with van der Waals surface area (Å²) in [6.45, 7) is 4.64. The minimum Gasteiger partial charge on any atom is -0.335 e. The summed E-state index contributed by atoms with van der Waals surface area (Å²) in [5.41, 5.74) is 1.59. The predicted molar refractivity (Wildman–Crippen MR) is 73.1 cm³/mol. The first-order valence-electron chi connectivity index (χ1n) is 6.21. The molecule has 1 aromatic heterocycles. The molecule has 0 amide bonds. The van der Waals surface area contributed by atoms with Crippen LogP contribution in [0, 0.1) is 0 Å². The van der Waals surface area contributed by atoms with Crippen LogP contribution in [0.15, 0.2) is 36.4 Å². The van der Waals surface area contributed by atoms with Crippen molar-refractivity contribution in [2.45, 2.75) is 25.8 Å². The van der Waals surface area contributed by atoms with Gasteiger partial charge in [-0.1, -0.05) is 36.4 Å². The van der Waals surface area contributed by atoms with Crippen molar-refractivity contribution in [3.63, 3.8) is 0 Å². The van der Waals surface area contributed by atoms with Gasteiger partial charge in [-0.15, -0.1) is 0 Å². The fourth-order valence-corrected chi connectivity index (χ4v) is 3.26. The summed E-state index contributed by atoms with van der Waals surface area (Å²) >= 11 is 0. The molecule has 0 saturated carbocycles. The van der Waals surface area contributed by atoms with Crippen LogP contribution in [-0.2, 0) is 5.54 Å². The molecule has 0 unspecified atom stereocenters. The molecule has 1 nitrogen and oxygen atoms in total. The first-order valence-corrected chi connectivity index (χ1v) is 6.21. The largest absolute Gasteiger partial charge is 0.335 e. The molecule has 0 spiro atoms. The summed E-state index contributed by atoms with van der Waals surface area (Å²) in [5.74, 6) is 0. The molecule has 1 aliphatic rings. The van der Waals surface area contributed by atoms with E-state index in [9.17, 15) is 0 Å². The Morgan fingerprint density at radius 3 is 2.65 bits per heavy atom. The van der Waals surface area contributed by atoms with Crippen LogP contribution in [0.1, 0.15) is 20.3 Å². The molecule has 0 fully saturated rings. The second kappa shape index (κ2) is 2.73. The number of aromatic nitrogens is 1. The Morgan fingerprint density at radius 2 is 1.82 bits per heavy atom. The van der Waals surface area contributed by atoms with E-state index >= 15 is 0 Å². The maximum Gasteiger partial charge on any atom is 0.0502 e. The Balaban J connectivity index is 2.39. The van der Waals surface area contributed by atoms with Crippen molar-refractivity contribution in [2.75, 3.05) is 0 Å². The summed E-state index contributed by atoms with van der Waals surface area (Å²) < 4.78 is 2.50. The highest BCUT2D eigenvalue weighted by molar-refractivity contribution is 6.10. The topological polar surface area (TPSA) is 4.93 Å². The average molecular weight is 221 g/mol. The number of benzene rings is 2. The van der Waals surface area contributed by atoms with Crippen molar-refractivity contribution < 1.29 is 0 Å². The maximum atomic E-state index is 2.50. The van der Waals surface area contributed by atoms with Crippen molar-refractivity contribution in [2.24, 2.45) is 0 Å². The third kappa shape index (κ3) is 0.998. The zero-order valence-corrected chi connectivity index (χ0v) is 10.2. The van der Waals surface area contributed by atoms with Gasteiger partial charge in [-0.25, -0.2) is 0 Å². The van der Waals surface area contributed by atoms with Crippen LogP contribution in [0.25, 0.3) is 27.8 Å². The normalized spacial score (nSPS) is 17.5. The third-order valence-electron chi connectivity index (χ3n) is 4.04. The van der Waals surface area contributed by atoms with Gasteiger partial charge in [-0.2, -0.15) is 0 Å². The van der Waals surface area contributed by atoms with Crippen LogP contribution in [0.4, 0.5) is 0 Å². The zero-order valence-electron chi connectivity index (χ0n) is 10.2. The number of rotatable bonds is 0. The second-order valence-electron chi connectivity index (χ2n) is 5.62. The number of hydrogen-bond donors (Lipinski definition) is 0. The van der Waals surface area contributed by atoms with Crippen LogP contribution >= 0.6 is 0 Å². The molecular formula is C16H15N. The molecule has 1 aliphatic heterocycles. The van der Waals surface area contributed by atoms with E-state index in [1.165, 1.54) is 27.0 Å². The lowest BCUT2D eigenvalue weighted by Gasteiger charge is -2.22. The quantitative estimate of drug-likeness (QED) is 0.548. The highest BCUT2D eigenvalue weighted by Crippen LogP contribution is 2.33. The van der Waals surface area contributed by atoms with E-state index in [0.717, 1.165) is 6.42 Å². The molecule has 17 heavy (non-hydrogen) atoms. The molecule has 0 radical (unpaired) electrons. The number of hydrogen-bond acceptors (Lipinski definition) is 0. The summed E-state index contributed by atoms with van der Waals surface area (Å²) in [7, 11) is 0. The van der Waals surface area contributed by atoms with Gasteiger partial charge in [0, 0.05) is 21.7 Å². The molecule has 0 bridgehead atoms. The van der Waals surface area contributed by atoms with Crippen molar-refractivity contribution >= 4 is 27.8 Å². The van der Waals surface area contributed by atoms with E-state index in [1.54, 1.807) is 0 Å². The van der Waals surface area contributed by atoms with E-state index < -0.39 is 0 Å². The smallest absolute Gasteiger partial charge is 0.0502 e. The van der Waals surface area contributed by atoms with Gasteiger partial charge in [0.25, 0.3) is 0 Å². The van der Waals surface area contributed by atoms with Crippen molar-refractivity contribution in [1.29, 1.82) is 0 Å². The first kappa shape index (κ1) is 9.29. The minimum absolute atomic E-state index is 0.211. The van der Waals surface area contributed by atoms with E-state index in [0.29, 0.717) is 0 Å². The molecule has 84 valence electrons. The van der Waals surface area contributed by atoms with E-state index in [4.69, 9.17) is 0 Å². The van der Waals surface area contributed by atoms with E-state index in [2.05, 4.69) is 60.9 Å². The van der Waals surface area contributed by atoms with Gasteiger partial charge in [-0.05, 0) is 31.7 Å². The Bertz CT molecular complexity index is 785. The van der Waals surface area contributed by atoms with Crippen LogP contribution < -0.4 is 5.35 Å². The first-order chi connectivity index (χ1) is 8.18. The van der Waals surface area contributed by atoms with E-state index in [1.807, 2.05) is 0 Å². The Hall–Kier alpha value is -1.76. The molecule has 0 atom stereocenters. The lowest BCUT2D eigenvalue weighted by atomic mass is 10.0. The van der Waals surface area contributed by atoms with Gasteiger partial charge >= 0.3 is 0 Å². The average Bonchev–Trinajstić information content (AvgIpc) is 2.80. The SMILES string of the molecule is CC1(C)CC=c2c3cccc4cccc(c43)n21. The highest BCUT2D eigenvalue weighted by Gasteiger charge is 2.27. The van der Waals surface area contributed by atoms with Crippen molar-refractivity contribution in [3.8, 4) is 0 Å². The summed E-state index contributed by atoms with van der Waals surface area (Å²) in [6, 6.07) is 13.2. The highest BCUT2D eigenvalue weighted by atomic mass is 15.1. The van der Waals surface area contributed by atoms with Gasteiger partial charge in [0.15, 0.2) is 0 Å². The predicted octanol–water partition coefficient (Wildman–Crippen LogP) is 3.43. The van der Waals surface area contributed by atoms with Gasteiger partial charge < -0.3 is 4.57 Å². The fourth-order valence-electron chi connectivity index (χ4n) is 3.26. The molecule has 4 rings (SSSR count). The van der Waals surface area contributed by atoms with E-state index in [-0.39, 0.29) is 5.54 Å². The molecule has 1 heteroatoms. The Morgan fingerprint density at radius 1 is 1.06 bits per heavy atom. The number of nitrogens with zero attached hydrogens (tertiary/aromatic N) is 1. The molecule has 3 aromatic rings. The van der Waals surface area contributed by atoms with Crippen molar-refractivity contribution in [3.05, 3.63) is 41.7 Å². The summed E-state index contributed by atoms with van der Waals surface area (Å²) in [5, 5.41) is 5.59. The third-order valence-corrected chi connectivity index (χ3v) is 4.04. The Labute approximate surface area is 100 Å². The maximum absolute atomic E-state index is 2.50. The van der Waals surface area contributed by atoms with Crippen molar-refractivity contribution in [1.82, 2.24) is 4.57 Å². The molecule has 0 aliphatic carbocycles. The lowest BCUT2D eigenvalue weighted by molar-refractivity contribution is 0.394. The van der Waals surface area contributed by atoms with Gasteiger partial charge in [0.1, 0.15) is 0 Å². The van der Waals surface area contributed by atoms with Crippen LogP contribution in [-0.4, -0.2) is 4.57 Å². The summed E-state index contributed by atoms with van der Waals surface area (Å²) in [6.07, 6.45) is 3.52. The fraction of sp³-hybridized carbons (Fsp3) is 0.250. The lowest BCUT2D eigenvalue weighted by Crippen LogP contribution is -2.27. The molecule has 0 saturated heterocycles. The standard InChI is InChI=1S/C16H15N/c1-16(2)10-9-13-12-7-3-5-11-6-4-8-14(15(11)12)17(13)16/h3-9H,10H2,1-2H3. The van der Waals surface area contributed by atoms with Crippen LogP contribution in [0.3, 0.4) is 0 Å². The zero-order chi connectivity index (χ0) is 11.6. The van der Waals surface area contributed by atoms with Gasteiger partial charge in [0.2, 0.25) is 0 Å². The van der Waals surface area contributed by atoms with Gasteiger partial charge in [-0.3, -0.25) is 0 Å². The van der Waals surface area contributed by atoms with Crippen LogP contribution in [0.5, 0.6) is 0 Å².